The Morgan fingerprint density at radius 1 is 1.00 bits per heavy atom. The minimum absolute atomic E-state index is 0.167. The molecule has 6 nitrogen and oxygen atoms in total. The first-order chi connectivity index (χ1) is 12.5. The van der Waals surface area contributed by atoms with E-state index in [1.54, 1.807) is 29.0 Å². The first-order valence-corrected chi connectivity index (χ1v) is 8.42. The van der Waals surface area contributed by atoms with Gasteiger partial charge in [0.1, 0.15) is 5.69 Å². The molecular weight excluding hydrogens is 348 g/mol. The Morgan fingerprint density at radius 3 is 2.31 bits per heavy atom. The molecule has 0 atom stereocenters. The van der Waals surface area contributed by atoms with Crippen LogP contribution in [-0.2, 0) is 4.79 Å². The smallest absolute Gasteiger partial charge is 0.274 e. The minimum Gasteiger partial charge on any atom is -0.336 e. The van der Waals surface area contributed by atoms with Crippen LogP contribution in [0.1, 0.15) is 23.0 Å². The van der Waals surface area contributed by atoms with Gasteiger partial charge in [-0.3, -0.25) is 14.2 Å². The van der Waals surface area contributed by atoms with Crippen LogP contribution in [0.5, 0.6) is 0 Å². The molecule has 0 radical (unpaired) electrons. The van der Waals surface area contributed by atoms with Gasteiger partial charge in [0, 0.05) is 30.2 Å². The number of hydrogen-bond donors (Lipinski definition) is 3. The monoisotopic (exact) mass is 366 g/mol. The fourth-order valence-corrected chi connectivity index (χ4v) is 2.91. The van der Waals surface area contributed by atoms with E-state index >= 15 is 0 Å². The van der Waals surface area contributed by atoms with Crippen molar-refractivity contribution in [2.24, 2.45) is 0 Å². The van der Waals surface area contributed by atoms with Crippen LogP contribution in [0.25, 0.3) is 5.69 Å². The van der Waals surface area contributed by atoms with E-state index in [9.17, 15) is 9.59 Å². The summed E-state index contributed by atoms with van der Waals surface area (Å²) >= 11 is 5.31. The number of aromatic amines is 1. The molecule has 1 heterocycles. The topological polar surface area (TPSA) is 78.9 Å². The molecule has 0 spiro atoms. The summed E-state index contributed by atoms with van der Waals surface area (Å²) in [7, 11) is 0. The van der Waals surface area contributed by atoms with Gasteiger partial charge in [0.15, 0.2) is 4.77 Å². The number of nitrogens with zero attached hydrogens (tertiary/aromatic N) is 1. The Morgan fingerprint density at radius 2 is 1.65 bits per heavy atom. The van der Waals surface area contributed by atoms with Gasteiger partial charge >= 0.3 is 0 Å². The van der Waals surface area contributed by atoms with Crippen molar-refractivity contribution >= 4 is 35.4 Å². The first kappa shape index (κ1) is 17.6. The highest BCUT2D eigenvalue weighted by molar-refractivity contribution is 7.71. The van der Waals surface area contributed by atoms with Crippen LogP contribution < -0.4 is 10.6 Å². The number of rotatable bonds is 4. The maximum Gasteiger partial charge on any atom is 0.274 e. The molecule has 0 unspecified atom stereocenters. The van der Waals surface area contributed by atoms with Crippen LogP contribution >= 0.6 is 12.2 Å². The maximum atomic E-state index is 12.8. The van der Waals surface area contributed by atoms with Crippen LogP contribution in [-0.4, -0.2) is 21.4 Å². The van der Waals surface area contributed by atoms with E-state index in [2.05, 4.69) is 15.6 Å². The van der Waals surface area contributed by atoms with Crippen LogP contribution in [0.4, 0.5) is 11.4 Å². The van der Waals surface area contributed by atoms with Crippen molar-refractivity contribution in [3.63, 3.8) is 0 Å². The predicted molar refractivity (Wildman–Crippen MR) is 104 cm³/mol. The average Bonchev–Trinajstić information content (AvgIpc) is 3.00. The van der Waals surface area contributed by atoms with E-state index in [1.165, 1.54) is 6.92 Å². The van der Waals surface area contributed by atoms with Gasteiger partial charge in [0.25, 0.3) is 5.91 Å². The Hall–Kier alpha value is -3.19. The molecule has 132 valence electrons. The molecule has 3 aromatic rings. The molecule has 0 aliphatic heterocycles. The first-order valence-electron chi connectivity index (χ1n) is 8.02. The molecule has 3 rings (SSSR count). The molecule has 0 bridgehead atoms. The summed E-state index contributed by atoms with van der Waals surface area (Å²) in [5, 5.41) is 5.64. The Labute approximate surface area is 155 Å². The fraction of sp³-hybridized carbons (Fsp3) is 0.105. The SMILES string of the molecule is CC(=O)Nc1cccc(NC(=O)c2c[nH]c(=S)n2-c2ccccc2)c1C. The summed E-state index contributed by atoms with van der Waals surface area (Å²) in [6.07, 6.45) is 1.58. The Bertz CT molecular complexity index is 1020. The van der Waals surface area contributed by atoms with E-state index in [1.807, 2.05) is 37.3 Å². The molecule has 0 aliphatic carbocycles. The minimum atomic E-state index is -0.302. The Kier molecular flexibility index (Phi) is 4.99. The highest BCUT2D eigenvalue weighted by Gasteiger charge is 2.16. The number of aromatic nitrogens is 2. The summed E-state index contributed by atoms with van der Waals surface area (Å²) in [6.45, 7) is 3.28. The van der Waals surface area contributed by atoms with Crippen LogP contribution in [0.3, 0.4) is 0 Å². The molecule has 1 aromatic heterocycles. The third-order valence-corrected chi connectivity index (χ3v) is 4.22. The van der Waals surface area contributed by atoms with Gasteiger partial charge in [-0.05, 0) is 49.0 Å². The average molecular weight is 366 g/mol. The quantitative estimate of drug-likeness (QED) is 0.610. The highest BCUT2D eigenvalue weighted by Crippen LogP contribution is 2.24. The number of carbonyl (C=O) groups is 2. The van der Waals surface area contributed by atoms with E-state index < -0.39 is 0 Å². The lowest BCUT2D eigenvalue weighted by molar-refractivity contribution is -0.114. The van der Waals surface area contributed by atoms with Crippen LogP contribution in [0, 0.1) is 11.7 Å². The van der Waals surface area contributed by atoms with E-state index in [-0.39, 0.29) is 11.8 Å². The van der Waals surface area contributed by atoms with E-state index in [0.717, 1.165) is 11.3 Å². The molecule has 2 amide bonds. The molecule has 26 heavy (non-hydrogen) atoms. The molecule has 0 fully saturated rings. The zero-order valence-electron chi connectivity index (χ0n) is 14.4. The fourth-order valence-electron chi connectivity index (χ4n) is 2.65. The highest BCUT2D eigenvalue weighted by atomic mass is 32.1. The summed E-state index contributed by atoms with van der Waals surface area (Å²) in [4.78, 5) is 27.0. The van der Waals surface area contributed by atoms with Crippen molar-refractivity contribution in [3.05, 3.63) is 70.8 Å². The number of para-hydroxylation sites is 1. The third-order valence-electron chi connectivity index (χ3n) is 3.92. The summed E-state index contributed by atoms with van der Waals surface area (Å²) in [5.74, 6) is -0.468. The molecule has 0 saturated carbocycles. The number of H-pyrrole nitrogens is 1. The molecule has 0 aliphatic rings. The maximum absolute atomic E-state index is 12.8. The second-order valence-corrected chi connectivity index (χ2v) is 6.15. The van der Waals surface area contributed by atoms with Crippen LogP contribution in [0.2, 0.25) is 0 Å². The Balaban J connectivity index is 1.93. The van der Waals surface area contributed by atoms with Crippen molar-refractivity contribution < 1.29 is 9.59 Å². The van der Waals surface area contributed by atoms with Gasteiger partial charge in [-0.15, -0.1) is 0 Å². The lowest BCUT2D eigenvalue weighted by Crippen LogP contribution is -2.17. The van der Waals surface area contributed by atoms with E-state index in [0.29, 0.717) is 21.8 Å². The summed E-state index contributed by atoms with van der Waals surface area (Å²) in [5.41, 5.74) is 3.24. The number of imidazole rings is 1. The molecule has 3 N–H and O–H groups in total. The van der Waals surface area contributed by atoms with Crippen molar-refractivity contribution in [1.82, 2.24) is 9.55 Å². The van der Waals surface area contributed by atoms with Gasteiger partial charge in [-0.25, -0.2) is 0 Å². The van der Waals surface area contributed by atoms with Gasteiger partial charge in [0.05, 0.1) is 0 Å². The summed E-state index contributed by atoms with van der Waals surface area (Å²) in [6, 6.07) is 14.8. The second kappa shape index (κ2) is 7.37. The van der Waals surface area contributed by atoms with Crippen LogP contribution in [0.15, 0.2) is 54.7 Å². The number of nitrogens with one attached hydrogen (secondary N) is 3. The third kappa shape index (κ3) is 3.57. The number of benzene rings is 2. The lowest BCUT2D eigenvalue weighted by Gasteiger charge is -2.13. The van der Waals surface area contributed by atoms with Gasteiger partial charge in [0.2, 0.25) is 5.91 Å². The van der Waals surface area contributed by atoms with Crippen molar-refractivity contribution in [3.8, 4) is 5.69 Å². The van der Waals surface area contributed by atoms with Gasteiger partial charge in [-0.2, -0.15) is 0 Å². The molecule has 7 heteroatoms. The molecule has 2 aromatic carbocycles. The predicted octanol–water partition coefficient (Wildman–Crippen LogP) is 4.05. The number of carbonyl (C=O) groups excluding carboxylic acids is 2. The zero-order chi connectivity index (χ0) is 18.7. The van der Waals surface area contributed by atoms with Crippen molar-refractivity contribution in [2.75, 3.05) is 10.6 Å². The largest absolute Gasteiger partial charge is 0.336 e. The van der Waals surface area contributed by atoms with Gasteiger partial charge < -0.3 is 15.6 Å². The number of hydrogen-bond acceptors (Lipinski definition) is 3. The molecular formula is C19H18N4O2S. The van der Waals surface area contributed by atoms with Crippen molar-refractivity contribution in [2.45, 2.75) is 13.8 Å². The lowest BCUT2D eigenvalue weighted by atomic mass is 10.1. The van der Waals surface area contributed by atoms with Gasteiger partial charge in [-0.1, -0.05) is 24.3 Å². The number of amides is 2. The standard InChI is InChI=1S/C19H18N4O2S/c1-12-15(21-13(2)24)9-6-10-16(12)22-18(25)17-11-20-19(26)23(17)14-7-4-3-5-8-14/h3-11H,1-2H3,(H,20,26)(H,21,24)(H,22,25). The number of anilines is 2. The van der Waals surface area contributed by atoms with Crippen molar-refractivity contribution in [1.29, 1.82) is 0 Å². The zero-order valence-corrected chi connectivity index (χ0v) is 15.2. The second-order valence-electron chi connectivity index (χ2n) is 5.76. The molecule has 0 saturated heterocycles. The normalized spacial score (nSPS) is 10.4. The van der Waals surface area contributed by atoms with E-state index in [4.69, 9.17) is 12.2 Å². The summed E-state index contributed by atoms with van der Waals surface area (Å²) < 4.78 is 2.11.